The van der Waals surface area contributed by atoms with Crippen LogP contribution in [0.2, 0.25) is 0 Å². The van der Waals surface area contributed by atoms with E-state index < -0.39 is 0 Å². The van der Waals surface area contributed by atoms with Crippen LogP contribution in [0.15, 0.2) is 12.7 Å². The molecule has 3 heteroatoms. The molecule has 1 aliphatic rings. The molecule has 16 heavy (non-hydrogen) atoms. The summed E-state index contributed by atoms with van der Waals surface area (Å²) in [4.78, 5) is 14.4. The Bertz CT molecular complexity index is 244. The van der Waals surface area contributed by atoms with Crippen LogP contribution in [-0.4, -0.2) is 36.0 Å². The van der Waals surface area contributed by atoms with Crippen LogP contribution in [0.1, 0.15) is 39.5 Å². The molecule has 0 saturated carbocycles. The number of amides is 1. The minimum Gasteiger partial charge on any atom is -0.338 e. The third kappa shape index (κ3) is 2.64. The van der Waals surface area contributed by atoms with Gasteiger partial charge in [-0.1, -0.05) is 19.4 Å². The fraction of sp³-hybridized carbons (Fsp3) is 0.769. The third-order valence-corrected chi connectivity index (χ3v) is 3.35. The van der Waals surface area contributed by atoms with Crippen molar-refractivity contribution in [1.82, 2.24) is 10.2 Å². The lowest BCUT2D eigenvalue weighted by Crippen LogP contribution is -2.54. The fourth-order valence-corrected chi connectivity index (χ4v) is 2.55. The van der Waals surface area contributed by atoms with Gasteiger partial charge < -0.3 is 10.2 Å². The second-order valence-corrected chi connectivity index (χ2v) is 4.49. The van der Waals surface area contributed by atoms with Crippen LogP contribution in [0.3, 0.4) is 0 Å². The summed E-state index contributed by atoms with van der Waals surface area (Å²) in [6.45, 7) is 10.3. The highest BCUT2D eigenvalue weighted by Crippen LogP contribution is 2.27. The smallest absolute Gasteiger partial charge is 0.243 e. The highest BCUT2D eigenvalue weighted by atomic mass is 16.2. The van der Waals surface area contributed by atoms with Gasteiger partial charge >= 0.3 is 0 Å². The number of carbonyl (C=O) groups is 1. The molecule has 0 bridgehead atoms. The van der Waals surface area contributed by atoms with Gasteiger partial charge in [0.25, 0.3) is 0 Å². The summed E-state index contributed by atoms with van der Waals surface area (Å²) < 4.78 is 0. The maximum atomic E-state index is 12.5. The van der Waals surface area contributed by atoms with Gasteiger partial charge in [0.15, 0.2) is 0 Å². The summed E-state index contributed by atoms with van der Waals surface area (Å²) in [6, 6.07) is 0. The second kappa shape index (κ2) is 6.04. The molecule has 0 aromatic heterocycles. The number of rotatable bonds is 6. The Hall–Kier alpha value is -0.830. The maximum absolute atomic E-state index is 12.5. The molecule has 0 aromatic carbocycles. The lowest BCUT2D eigenvalue weighted by molar-refractivity contribution is -0.137. The third-order valence-electron chi connectivity index (χ3n) is 3.35. The molecule has 1 rings (SSSR count). The first-order valence-corrected chi connectivity index (χ1v) is 6.35. The molecule has 92 valence electrons. The number of hydrogen-bond donors (Lipinski definition) is 1. The van der Waals surface area contributed by atoms with Gasteiger partial charge in [0, 0.05) is 13.1 Å². The molecule has 1 aliphatic heterocycles. The lowest BCUT2D eigenvalue weighted by Gasteiger charge is -2.33. The van der Waals surface area contributed by atoms with Gasteiger partial charge in [0.1, 0.15) is 0 Å². The largest absolute Gasteiger partial charge is 0.338 e. The van der Waals surface area contributed by atoms with E-state index in [1.54, 1.807) is 6.08 Å². The van der Waals surface area contributed by atoms with Crippen molar-refractivity contribution in [1.29, 1.82) is 0 Å². The SMILES string of the molecule is C=CCN(CC)C(=O)C1(CCC)CCCN1. The van der Waals surface area contributed by atoms with Crippen molar-refractivity contribution in [2.24, 2.45) is 0 Å². The van der Waals surface area contributed by atoms with Crippen LogP contribution in [0, 0.1) is 0 Å². The summed E-state index contributed by atoms with van der Waals surface area (Å²) >= 11 is 0. The predicted octanol–water partition coefficient (Wildman–Crippen LogP) is 1.94. The number of hydrogen-bond acceptors (Lipinski definition) is 2. The standard InChI is InChI=1S/C13H24N2O/c1-4-8-13(9-7-10-14-13)12(16)15(6-3)11-5-2/h5,14H,2,4,6-11H2,1,3H3. The van der Waals surface area contributed by atoms with E-state index in [1.165, 1.54) is 0 Å². The molecule has 1 saturated heterocycles. The molecule has 0 spiro atoms. The highest BCUT2D eigenvalue weighted by Gasteiger charge is 2.41. The molecule has 0 aromatic rings. The van der Waals surface area contributed by atoms with Crippen LogP contribution >= 0.6 is 0 Å². The first kappa shape index (κ1) is 13.2. The Morgan fingerprint density at radius 2 is 2.31 bits per heavy atom. The molecule has 1 heterocycles. The van der Waals surface area contributed by atoms with Gasteiger partial charge in [0.05, 0.1) is 5.54 Å². The summed E-state index contributed by atoms with van der Waals surface area (Å²) in [7, 11) is 0. The topological polar surface area (TPSA) is 32.3 Å². The molecule has 1 fully saturated rings. The average Bonchev–Trinajstić information content (AvgIpc) is 2.75. The van der Waals surface area contributed by atoms with Crippen molar-refractivity contribution >= 4 is 5.91 Å². The van der Waals surface area contributed by atoms with Gasteiger partial charge in [-0.2, -0.15) is 0 Å². The van der Waals surface area contributed by atoms with E-state index in [0.29, 0.717) is 6.54 Å². The minimum atomic E-state index is -0.284. The molecule has 1 amide bonds. The molecule has 0 radical (unpaired) electrons. The number of nitrogens with zero attached hydrogens (tertiary/aromatic N) is 1. The zero-order valence-corrected chi connectivity index (χ0v) is 10.6. The normalized spacial score (nSPS) is 24.4. The zero-order valence-electron chi connectivity index (χ0n) is 10.6. The molecular formula is C13H24N2O. The molecule has 1 unspecified atom stereocenters. The van der Waals surface area contributed by atoms with E-state index in [0.717, 1.165) is 38.8 Å². The van der Waals surface area contributed by atoms with Crippen molar-refractivity contribution in [3.05, 3.63) is 12.7 Å². The first-order chi connectivity index (χ1) is 7.70. The van der Waals surface area contributed by atoms with Gasteiger partial charge in [-0.3, -0.25) is 4.79 Å². The Balaban J connectivity index is 2.76. The number of likely N-dealkylation sites (N-methyl/N-ethyl adjacent to an activating group) is 1. The summed E-state index contributed by atoms with van der Waals surface area (Å²) in [6.07, 6.45) is 5.88. The van der Waals surface area contributed by atoms with Crippen molar-refractivity contribution in [2.45, 2.75) is 45.1 Å². The number of nitrogens with one attached hydrogen (secondary N) is 1. The highest BCUT2D eigenvalue weighted by molar-refractivity contribution is 5.86. The Morgan fingerprint density at radius 1 is 1.56 bits per heavy atom. The van der Waals surface area contributed by atoms with Crippen LogP contribution in [0.4, 0.5) is 0 Å². The zero-order chi connectivity index (χ0) is 12.0. The van der Waals surface area contributed by atoms with E-state index >= 15 is 0 Å². The van der Waals surface area contributed by atoms with Crippen LogP contribution in [0.25, 0.3) is 0 Å². The fourth-order valence-electron chi connectivity index (χ4n) is 2.55. The minimum absolute atomic E-state index is 0.259. The molecular weight excluding hydrogens is 200 g/mol. The Labute approximate surface area is 98.9 Å². The van der Waals surface area contributed by atoms with Gasteiger partial charge in [-0.05, 0) is 32.7 Å². The van der Waals surface area contributed by atoms with E-state index in [4.69, 9.17) is 0 Å². The quantitative estimate of drug-likeness (QED) is 0.699. The summed E-state index contributed by atoms with van der Waals surface area (Å²) in [5.74, 6) is 0.259. The number of carbonyl (C=O) groups excluding carboxylic acids is 1. The molecule has 1 atom stereocenters. The first-order valence-electron chi connectivity index (χ1n) is 6.35. The van der Waals surface area contributed by atoms with Crippen molar-refractivity contribution in [2.75, 3.05) is 19.6 Å². The van der Waals surface area contributed by atoms with E-state index in [2.05, 4.69) is 18.8 Å². The van der Waals surface area contributed by atoms with E-state index in [1.807, 2.05) is 11.8 Å². The van der Waals surface area contributed by atoms with Gasteiger partial charge in [-0.15, -0.1) is 6.58 Å². The maximum Gasteiger partial charge on any atom is 0.243 e. The van der Waals surface area contributed by atoms with Crippen LogP contribution in [0.5, 0.6) is 0 Å². The monoisotopic (exact) mass is 224 g/mol. The van der Waals surface area contributed by atoms with E-state index in [9.17, 15) is 4.79 Å². The Kier molecular flexibility index (Phi) is 5.00. The molecule has 0 aliphatic carbocycles. The summed E-state index contributed by atoms with van der Waals surface area (Å²) in [5, 5.41) is 3.42. The Morgan fingerprint density at radius 3 is 2.75 bits per heavy atom. The van der Waals surface area contributed by atoms with E-state index in [-0.39, 0.29) is 11.4 Å². The van der Waals surface area contributed by atoms with Crippen molar-refractivity contribution < 1.29 is 4.79 Å². The van der Waals surface area contributed by atoms with Crippen LogP contribution < -0.4 is 5.32 Å². The molecule has 3 nitrogen and oxygen atoms in total. The van der Waals surface area contributed by atoms with Crippen molar-refractivity contribution in [3.63, 3.8) is 0 Å². The second-order valence-electron chi connectivity index (χ2n) is 4.49. The molecule has 1 N–H and O–H groups in total. The van der Waals surface area contributed by atoms with Crippen molar-refractivity contribution in [3.8, 4) is 0 Å². The summed E-state index contributed by atoms with van der Waals surface area (Å²) in [5.41, 5.74) is -0.284. The van der Waals surface area contributed by atoms with Gasteiger partial charge in [0.2, 0.25) is 5.91 Å². The van der Waals surface area contributed by atoms with Gasteiger partial charge in [-0.25, -0.2) is 0 Å². The van der Waals surface area contributed by atoms with Crippen LogP contribution in [-0.2, 0) is 4.79 Å². The predicted molar refractivity (Wildman–Crippen MR) is 67.3 cm³/mol. The average molecular weight is 224 g/mol. The lowest BCUT2D eigenvalue weighted by atomic mass is 9.90.